The first-order valence-electron chi connectivity index (χ1n) is 4.03. The average Bonchev–Trinajstić information content (AvgIpc) is 2.61. The molecule has 0 aliphatic rings. The predicted molar refractivity (Wildman–Crippen MR) is 50.2 cm³/mol. The number of H-pyrrole nitrogens is 1. The number of nitrogens with one attached hydrogen (secondary N) is 1. The summed E-state index contributed by atoms with van der Waals surface area (Å²) in [4.78, 5) is 11.0. The van der Waals surface area contributed by atoms with E-state index < -0.39 is 0 Å². The summed E-state index contributed by atoms with van der Waals surface area (Å²) in [6.07, 6.45) is 6.27. The van der Waals surface area contributed by atoms with Crippen LogP contribution in [0.1, 0.15) is 0 Å². The van der Waals surface area contributed by atoms with Crippen molar-refractivity contribution in [1.82, 2.24) is 15.0 Å². The first-order chi connectivity index (χ1) is 6.43. The van der Waals surface area contributed by atoms with Crippen LogP contribution in [0.2, 0.25) is 0 Å². The molecule has 3 rings (SSSR count). The number of aromatic amines is 1. The zero-order valence-electron chi connectivity index (χ0n) is 6.78. The minimum Gasteiger partial charge on any atom is -0.361 e. The summed E-state index contributed by atoms with van der Waals surface area (Å²) in [5, 5.41) is 2.23. The molecule has 0 aliphatic carbocycles. The third-order valence-corrected chi connectivity index (χ3v) is 2.13. The molecule has 2 aromatic heterocycles. The molecule has 3 heteroatoms. The second-order valence-corrected chi connectivity index (χ2v) is 2.95. The van der Waals surface area contributed by atoms with E-state index in [-0.39, 0.29) is 0 Å². The first-order valence-corrected chi connectivity index (χ1v) is 4.03. The van der Waals surface area contributed by atoms with Gasteiger partial charge in [0.15, 0.2) is 6.33 Å². The van der Waals surface area contributed by atoms with Gasteiger partial charge in [-0.2, -0.15) is 0 Å². The average molecular weight is 168 g/mol. The van der Waals surface area contributed by atoms with Crippen molar-refractivity contribution >= 4 is 21.8 Å². The molecule has 1 radical (unpaired) electrons. The summed E-state index contributed by atoms with van der Waals surface area (Å²) in [6, 6.07) is 6.10. The molecule has 1 aromatic carbocycles. The van der Waals surface area contributed by atoms with Gasteiger partial charge >= 0.3 is 0 Å². The van der Waals surface area contributed by atoms with Gasteiger partial charge in [-0.25, -0.2) is 9.97 Å². The van der Waals surface area contributed by atoms with Gasteiger partial charge < -0.3 is 4.98 Å². The SMILES string of the molecule is [c]1ncc2cc3cc[nH]c3cc2n1. The van der Waals surface area contributed by atoms with Gasteiger partial charge in [-0.05, 0) is 18.2 Å². The molecule has 0 fully saturated rings. The monoisotopic (exact) mass is 168 g/mol. The van der Waals surface area contributed by atoms with Crippen LogP contribution in [-0.2, 0) is 0 Å². The molecular formula is C10H6N3. The van der Waals surface area contributed by atoms with Crippen LogP contribution < -0.4 is 0 Å². The highest BCUT2D eigenvalue weighted by molar-refractivity contribution is 5.94. The van der Waals surface area contributed by atoms with Crippen molar-refractivity contribution in [2.24, 2.45) is 0 Å². The van der Waals surface area contributed by atoms with Crippen molar-refractivity contribution in [3.05, 3.63) is 36.9 Å². The van der Waals surface area contributed by atoms with Gasteiger partial charge in [0.1, 0.15) is 0 Å². The van der Waals surface area contributed by atoms with Crippen LogP contribution in [0.25, 0.3) is 21.8 Å². The molecule has 2 heterocycles. The van der Waals surface area contributed by atoms with Gasteiger partial charge in [-0.1, -0.05) is 0 Å². The quantitative estimate of drug-likeness (QED) is 0.557. The summed E-state index contributed by atoms with van der Waals surface area (Å²) in [5.74, 6) is 0. The lowest BCUT2D eigenvalue weighted by Gasteiger charge is -1.94. The van der Waals surface area contributed by atoms with Crippen LogP contribution in [0.4, 0.5) is 0 Å². The topological polar surface area (TPSA) is 41.6 Å². The molecule has 0 bridgehead atoms. The molecule has 0 amide bonds. The second-order valence-electron chi connectivity index (χ2n) is 2.95. The minimum atomic E-state index is 0.921. The van der Waals surface area contributed by atoms with Gasteiger partial charge in [0.2, 0.25) is 0 Å². The Labute approximate surface area is 74.4 Å². The van der Waals surface area contributed by atoms with Crippen molar-refractivity contribution in [2.75, 3.05) is 0 Å². The Kier molecular flexibility index (Phi) is 1.16. The fourth-order valence-corrected chi connectivity index (χ4v) is 1.49. The van der Waals surface area contributed by atoms with Crippen LogP contribution >= 0.6 is 0 Å². The Balaban J connectivity index is 2.57. The van der Waals surface area contributed by atoms with E-state index in [1.165, 1.54) is 5.39 Å². The Morgan fingerprint density at radius 2 is 2.23 bits per heavy atom. The highest BCUT2D eigenvalue weighted by Gasteiger charge is 1.98. The Hall–Kier alpha value is -1.90. The molecule has 0 saturated heterocycles. The van der Waals surface area contributed by atoms with E-state index in [2.05, 4.69) is 27.3 Å². The highest BCUT2D eigenvalue weighted by atomic mass is 14.8. The molecule has 13 heavy (non-hydrogen) atoms. The number of fused-ring (bicyclic) bond motifs is 2. The Morgan fingerprint density at radius 1 is 1.23 bits per heavy atom. The van der Waals surface area contributed by atoms with Gasteiger partial charge in [0.25, 0.3) is 0 Å². The molecule has 0 spiro atoms. The molecule has 1 N–H and O–H groups in total. The summed E-state index contributed by atoms with van der Waals surface area (Å²) < 4.78 is 0. The zero-order chi connectivity index (χ0) is 8.67. The predicted octanol–water partition coefficient (Wildman–Crippen LogP) is 1.91. The fraction of sp³-hybridized carbons (Fsp3) is 0. The fourth-order valence-electron chi connectivity index (χ4n) is 1.49. The van der Waals surface area contributed by atoms with Crippen LogP contribution in [-0.4, -0.2) is 15.0 Å². The lowest BCUT2D eigenvalue weighted by atomic mass is 10.2. The molecule has 61 valence electrons. The number of hydrogen-bond donors (Lipinski definition) is 1. The Morgan fingerprint density at radius 3 is 3.23 bits per heavy atom. The minimum absolute atomic E-state index is 0.921. The maximum Gasteiger partial charge on any atom is 0.198 e. The second kappa shape index (κ2) is 2.29. The van der Waals surface area contributed by atoms with E-state index in [0.29, 0.717) is 0 Å². The summed E-state index contributed by atoms with van der Waals surface area (Å²) in [5.41, 5.74) is 2.02. The molecule has 0 atom stereocenters. The number of nitrogens with zero attached hydrogens (tertiary/aromatic N) is 2. The van der Waals surface area contributed by atoms with Crippen LogP contribution in [0.3, 0.4) is 0 Å². The first kappa shape index (κ1) is 6.60. The van der Waals surface area contributed by atoms with Crippen LogP contribution in [0.15, 0.2) is 30.6 Å². The smallest absolute Gasteiger partial charge is 0.198 e. The summed E-state index contributed by atoms with van der Waals surface area (Å²) in [6.45, 7) is 0. The number of rotatable bonds is 0. The summed E-state index contributed by atoms with van der Waals surface area (Å²) >= 11 is 0. The van der Waals surface area contributed by atoms with E-state index in [9.17, 15) is 0 Å². The van der Waals surface area contributed by atoms with Crippen LogP contribution in [0.5, 0.6) is 0 Å². The van der Waals surface area contributed by atoms with E-state index >= 15 is 0 Å². The van der Waals surface area contributed by atoms with E-state index in [4.69, 9.17) is 0 Å². The van der Waals surface area contributed by atoms with Crippen LogP contribution in [0, 0.1) is 6.33 Å². The van der Waals surface area contributed by atoms with Gasteiger partial charge in [0, 0.05) is 28.7 Å². The standard InChI is InChI=1S/C10H6N3/c1-2-12-9-4-10-8(3-7(1)9)5-11-6-13-10/h1-5,12H. The molecule has 3 nitrogen and oxygen atoms in total. The Bertz CT molecular complexity index is 519. The normalized spacial score (nSPS) is 11.1. The number of aromatic nitrogens is 3. The highest BCUT2D eigenvalue weighted by Crippen LogP contribution is 2.18. The maximum atomic E-state index is 4.05. The van der Waals surface area contributed by atoms with Crippen molar-refractivity contribution in [2.45, 2.75) is 0 Å². The number of benzene rings is 1. The summed E-state index contributed by atoms with van der Waals surface area (Å²) in [7, 11) is 0. The van der Waals surface area contributed by atoms with Gasteiger partial charge in [-0.15, -0.1) is 0 Å². The van der Waals surface area contributed by atoms with Crippen molar-refractivity contribution in [3.63, 3.8) is 0 Å². The lowest BCUT2D eigenvalue weighted by molar-refractivity contribution is 1.20. The van der Waals surface area contributed by atoms with E-state index in [0.717, 1.165) is 16.4 Å². The van der Waals surface area contributed by atoms with E-state index in [1.807, 2.05) is 18.3 Å². The van der Waals surface area contributed by atoms with E-state index in [1.54, 1.807) is 6.20 Å². The van der Waals surface area contributed by atoms with Crippen molar-refractivity contribution in [3.8, 4) is 0 Å². The molecule has 0 saturated carbocycles. The number of hydrogen-bond acceptors (Lipinski definition) is 2. The molecule has 0 unspecified atom stereocenters. The molecule has 0 aliphatic heterocycles. The maximum absolute atomic E-state index is 4.05. The molecular weight excluding hydrogens is 162 g/mol. The third kappa shape index (κ3) is 0.902. The third-order valence-electron chi connectivity index (χ3n) is 2.13. The van der Waals surface area contributed by atoms with Gasteiger partial charge in [-0.3, -0.25) is 0 Å². The zero-order valence-corrected chi connectivity index (χ0v) is 6.78. The molecule has 3 aromatic rings. The van der Waals surface area contributed by atoms with Gasteiger partial charge in [0.05, 0.1) is 5.52 Å². The van der Waals surface area contributed by atoms with Crippen molar-refractivity contribution in [1.29, 1.82) is 0 Å². The lowest BCUT2D eigenvalue weighted by Crippen LogP contribution is -1.80. The van der Waals surface area contributed by atoms with Crippen molar-refractivity contribution < 1.29 is 0 Å². The largest absolute Gasteiger partial charge is 0.361 e.